The molecule has 2 N–H and O–H groups in total. The molecule has 0 aliphatic carbocycles. The lowest BCUT2D eigenvalue weighted by Crippen LogP contribution is -2.11. The largest absolute Gasteiger partial charge is 0.361 e. The van der Waals surface area contributed by atoms with E-state index in [-0.39, 0.29) is 5.82 Å². The fourth-order valence-corrected chi connectivity index (χ4v) is 1.56. The average Bonchev–Trinajstić information content (AvgIpc) is 2.57. The Balaban J connectivity index is 2.37. The Morgan fingerprint density at radius 2 is 2.29 bits per heavy atom. The average molecular weight is 192 g/mol. The van der Waals surface area contributed by atoms with E-state index < -0.39 is 0 Å². The van der Waals surface area contributed by atoms with Crippen molar-refractivity contribution in [3.63, 3.8) is 0 Å². The molecule has 0 unspecified atom stereocenters. The van der Waals surface area contributed by atoms with E-state index in [1.807, 2.05) is 12.3 Å². The van der Waals surface area contributed by atoms with Crippen molar-refractivity contribution in [2.24, 2.45) is 0 Å². The molecule has 2 nitrogen and oxygen atoms in total. The summed E-state index contributed by atoms with van der Waals surface area (Å²) in [6.45, 7) is 3.82. The van der Waals surface area contributed by atoms with Crippen LogP contribution in [0.25, 0.3) is 10.9 Å². The first-order valence-corrected chi connectivity index (χ1v) is 4.77. The number of hydrogen-bond donors (Lipinski definition) is 2. The Bertz CT molecular complexity index is 434. The van der Waals surface area contributed by atoms with Gasteiger partial charge in [-0.05, 0) is 30.3 Å². The Labute approximate surface area is 82.1 Å². The molecule has 0 saturated carbocycles. The number of halogens is 1. The van der Waals surface area contributed by atoms with Gasteiger partial charge in [0, 0.05) is 23.6 Å². The van der Waals surface area contributed by atoms with Gasteiger partial charge in [0.2, 0.25) is 0 Å². The summed E-state index contributed by atoms with van der Waals surface area (Å²) in [5.41, 5.74) is 2.04. The van der Waals surface area contributed by atoms with Crippen LogP contribution in [-0.2, 0) is 6.54 Å². The van der Waals surface area contributed by atoms with Crippen LogP contribution in [-0.4, -0.2) is 11.5 Å². The molecule has 0 aliphatic heterocycles. The second-order valence-corrected chi connectivity index (χ2v) is 3.28. The van der Waals surface area contributed by atoms with Crippen LogP contribution >= 0.6 is 0 Å². The van der Waals surface area contributed by atoms with Crippen LogP contribution in [0.1, 0.15) is 12.5 Å². The molecule has 0 spiro atoms. The second kappa shape index (κ2) is 3.80. The van der Waals surface area contributed by atoms with E-state index in [0.717, 1.165) is 24.0 Å². The van der Waals surface area contributed by atoms with E-state index in [1.165, 1.54) is 17.7 Å². The summed E-state index contributed by atoms with van der Waals surface area (Å²) < 4.78 is 12.9. The van der Waals surface area contributed by atoms with Gasteiger partial charge in [-0.15, -0.1) is 0 Å². The predicted molar refractivity (Wildman–Crippen MR) is 55.6 cm³/mol. The van der Waals surface area contributed by atoms with E-state index in [1.54, 1.807) is 0 Å². The molecule has 0 fully saturated rings. The van der Waals surface area contributed by atoms with E-state index in [9.17, 15) is 4.39 Å². The van der Waals surface area contributed by atoms with Gasteiger partial charge < -0.3 is 10.3 Å². The molecular formula is C11H13FN2. The van der Waals surface area contributed by atoms with Gasteiger partial charge in [0.05, 0.1) is 0 Å². The molecule has 3 heteroatoms. The van der Waals surface area contributed by atoms with Crippen LogP contribution in [0.4, 0.5) is 4.39 Å². The molecule has 0 radical (unpaired) electrons. The maximum atomic E-state index is 12.9. The minimum absolute atomic E-state index is 0.200. The number of hydrogen-bond acceptors (Lipinski definition) is 1. The highest BCUT2D eigenvalue weighted by Gasteiger charge is 2.03. The maximum absolute atomic E-state index is 12.9. The quantitative estimate of drug-likeness (QED) is 0.768. The van der Waals surface area contributed by atoms with Crippen LogP contribution in [0.3, 0.4) is 0 Å². The lowest BCUT2D eigenvalue weighted by Gasteiger charge is -1.99. The van der Waals surface area contributed by atoms with Gasteiger partial charge in [0.1, 0.15) is 5.82 Å². The highest BCUT2D eigenvalue weighted by Crippen LogP contribution is 2.18. The first-order valence-electron chi connectivity index (χ1n) is 4.77. The summed E-state index contributed by atoms with van der Waals surface area (Å²) in [5, 5.41) is 4.33. The number of H-pyrrole nitrogens is 1. The second-order valence-electron chi connectivity index (χ2n) is 3.28. The molecule has 14 heavy (non-hydrogen) atoms. The third kappa shape index (κ3) is 1.63. The van der Waals surface area contributed by atoms with Crippen molar-refractivity contribution < 1.29 is 4.39 Å². The lowest BCUT2D eigenvalue weighted by molar-refractivity contribution is 0.629. The van der Waals surface area contributed by atoms with Crippen molar-refractivity contribution in [3.8, 4) is 0 Å². The number of aromatic nitrogens is 1. The molecule has 0 atom stereocenters. The van der Waals surface area contributed by atoms with E-state index in [0.29, 0.717) is 0 Å². The zero-order chi connectivity index (χ0) is 9.97. The molecule has 74 valence electrons. The maximum Gasteiger partial charge on any atom is 0.125 e. The normalized spacial score (nSPS) is 11.0. The molecule has 2 aromatic rings. The van der Waals surface area contributed by atoms with Crippen molar-refractivity contribution >= 4 is 10.9 Å². The highest BCUT2D eigenvalue weighted by atomic mass is 19.1. The van der Waals surface area contributed by atoms with E-state index in [2.05, 4.69) is 17.2 Å². The SMILES string of the molecule is CCNCc1c[nH]c2cc(F)ccc12. The summed E-state index contributed by atoms with van der Waals surface area (Å²) >= 11 is 0. The zero-order valence-electron chi connectivity index (χ0n) is 8.10. The smallest absolute Gasteiger partial charge is 0.125 e. The van der Waals surface area contributed by atoms with Gasteiger partial charge in [-0.1, -0.05) is 6.92 Å². The van der Waals surface area contributed by atoms with Crippen LogP contribution in [0.2, 0.25) is 0 Å². The molecule has 0 aliphatic rings. The first-order chi connectivity index (χ1) is 6.81. The molecule has 1 heterocycles. The van der Waals surface area contributed by atoms with Crippen molar-refractivity contribution in [1.82, 2.24) is 10.3 Å². The third-order valence-electron chi connectivity index (χ3n) is 2.29. The van der Waals surface area contributed by atoms with Gasteiger partial charge in [-0.25, -0.2) is 4.39 Å². The highest BCUT2D eigenvalue weighted by molar-refractivity contribution is 5.83. The Morgan fingerprint density at radius 3 is 3.07 bits per heavy atom. The molecule has 0 saturated heterocycles. The Kier molecular flexibility index (Phi) is 2.50. The van der Waals surface area contributed by atoms with Crippen LogP contribution in [0, 0.1) is 5.82 Å². The molecule has 0 bridgehead atoms. The third-order valence-corrected chi connectivity index (χ3v) is 2.29. The standard InChI is InChI=1S/C11H13FN2/c1-2-13-6-8-7-14-11-5-9(12)3-4-10(8)11/h3-5,7,13-14H,2,6H2,1H3. The monoisotopic (exact) mass is 192 g/mol. The zero-order valence-corrected chi connectivity index (χ0v) is 8.10. The van der Waals surface area contributed by atoms with Crippen LogP contribution in [0.5, 0.6) is 0 Å². The number of benzene rings is 1. The predicted octanol–water partition coefficient (Wildman–Crippen LogP) is 2.42. The van der Waals surface area contributed by atoms with Gasteiger partial charge in [-0.2, -0.15) is 0 Å². The van der Waals surface area contributed by atoms with Crippen LogP contribution in [0.15, 0.2) is 24.4 Å². The summed E-state index contributed by atoms with van der Waals surface area (Å²) in [6.07, 6.45) is 1.92. The molecule has 1 aromatic carbocycles. The van der Waals surface area contributed by atoms with E-state index >= 15 is 0 Å². The van der Waals surface area contributed by atoms with Crippen molar-refractivity contribution in [1.29, 1.82) is 0 Å². The van der Waals surface area contributed by atoms with Gasteiger partial charge in [-0.3, -0.25) is 0 Å². The van der Waals surface area contributed by atoms with Gasteiger partial charge in [0.25, 0.3) is 0 Å². The number of aromatic amines is 1. The Hall–Kier alpha value is -1.35. The summed E-state index contributed by atoms with van der Waals surface area (Å²) in [4.78, 5) is 3.06. The Morgan fingerprint density at radius 1 is 1.43 bits per heavy atom. The van der Waals surface area contributed by atoms with Gasteiger partial charge in [0.15, 0.2) is 0 Å². The topological polar surface area (TPSA) is 27.8 Å². The number of fused-ring (bicyclic) bond motifs is 1. The van der Waals surface area contributed by atoms with E-state index in [4.69, 9.17) is 0 Å². The number of rotatable bonds is 3. The minimum atomic E-state index is -0.200. The summed E-state index contributed by atoms with van der Waals surface area (Å²) in [7, 11) is 0. The lowest BCUT2D eigenvalue weighted by atomic mass is 10.2. The fourth-order valence-electron chi connectivity index (χ4n) is 1.56. The van der Waals surface area contributed by atoms with Crippen molar-refractivity contribution in [3.05, 3.63) is 35.8 Å². The van der Waals surface area contributed by atoms with Crippen LogP contribution < -0.4 is 5.32 Å². The number of nitrogens with one attached hydrogen (secondary N) is 2. The molecule has 2 rings (SSSR count). The molecule has 0 amide bonds. The summed E-state index contributed by atoms with van der Waals surface area (Å²) in [5.74, 6) is -0.200. The van der Waals surface area contributed by atoms with Crippen molar-refractivity contribution in [2.45, 2.75) is 13.5 Å². The molecule has 1 aromatic heterocycles. The minimum Gasteiger partial charge on any atom is -0.361 e. The van der Waals surface area contributed by atoms with Gasteiger partial charge >= 0.3 is 0 Å². The van der Waals surface area contributed by atoms with Crippen molar-refractivity contribution in [2.75, 3.05) is 6.54 Å². The fraction of sp³-hybridized carbons (Fsp3) is 0.273. The molecular weight excluding hydrogens is 179 g/mol. The summed E-state index contributed by atoms with van der Waals surface area (Å²) in [6, 6.07) is 4.82. The first kappa shape index (κ1) is 9.21.